The van der Waals surface area contributed by atoms with Crippen molar-refractivity contribution < 1.29 is 11.6 Å². The van der Waals surface area contributed by atoms with Crippen molar-refractivity contribution in [2.75, 3.05) is 0 Å². The Kier molecular flexibility index (Phi) is 3.97. The molecule has 0 saturated carbocycles. The normalized spacial score (nSPS) is 21.7. The van der Waals surface area contributed by atoms with E-state index in [9.17, 15) is 4.57 Å². The third-order valence-electron chi connectivity index (χ3n) is 0.879. The van der Waals surface area contributed by atoms with Crippen molar-refractivity contribution in [2.45, 2.75) is 45.7 Å². The zero-order chi connectivity index (χ0) is 11.9. The first-order chi connectivity index (χ1) is 5.60. The van der Waals surface area contributed by atoms with Crippen LogP contribution in [-0.2, 0) is 11.6 Å². The van der Waals surface area contributed by atoms with Crippen LogP contribution in [-0.4, -0.2) is 25.6 Å². The molecule has 0 aromatic carbocycles. The Morgan fingerprint density at radius 3 is 1.07 bits per heavy atom. The van der Waals surface area contributed by atoms with Gasteiger partial charge in [-0.05, 0) is 0 Å². The molecule has 0 rings (SSSR count). The van der Waals surface area contributed by atoms with Crippen LogP contribution < -0.4 is 0 Å². The molecule has 0 aliphatic carbocycles. The van der Waals surface area contributed by atoms with E-state index >= 15 is 0 Å². The minimum absolute atomic E-state index is 2.07. The monoisotopic (exact) mass is 350 g/mol. The van der Waals surface area contributed by atoms with Crippen molar-refractivity contribution in [2.24, 2.45) is 0 Å². The van der Waals surface area contributed by atoms with Gasteiger partial charge in [0.2, 0.25) is 0 Å². The summed E-state index contributed by atoms with van der Waals surface area (Å²) in [5.41, 5.74) is 16.6. The average Bonchev–Trinajstić information content (AvgIpc) is 1.41. The van der Waals surface area contributed by atoms with Crippen molar-refractivity contribution in [3.63, 3.8) is 0 Å². The van der Waals surface area contributed by atoms with Crippen LogP contribution in [0.5, 0.6) is 0 Å². The molecule has 0 amide bonds. The fourth-order valence-electron chi connectivity index (χ4n) is 0.613. The van der Waals surface area contributed by atoms with Crippen LogP contribution >= 0.6 is 8.25 Å². The molecular weight excluding hydrogens is 325 g/mol. The van der Waals surface area contributed by atoms with E-state index in [4.69, 9.17) is 7.03 Å². The van der Waals surface area contributed by atoms with Gasteiger partial charge in [0.25, 0.3) is 0 Å². The van der Waals surface area contributed by atoms with Gasteiger partial charge < -0.3 is 0 Å². The molecule has 0 radical (unpaired) electrons. The first-order valence-corrected chi connectivity index (χ1v) is 22.3. The Morgan fingerprint density at radius 2 is 0.929 bits per heavy atom. The summed E-state index contributed by atoms with van der Waals surface area (Å²) in [6.45, 7) is 0. The quantitative estimate of drug-likeness (QED) is 0.562. The van der Waals surface area contributed by atoms with Gasteiger partial charge in [-0.1, -0.05) is 0 Å². The average molecular weight is 350 g/mol. The molecule has 0 atom stereocenters. The van der Waals surface area contributed by atoms with Gasteiger partial charge >= 0.3 is 91.1 Å². The summed E-state index contributed by atoms with van der Waals surface area (Å²) < 4.78 is 22.9. The summed E-state index contributed by atoms with van der Waals surface area (Å²) >= 11 is -5.38. The van der Waals surface area contributed by atoms with Gasteiger partial charge in [-0.3, -0.25) is 0 Å². The van der Waals surface area contributed by atoms with Gasteiger partial charge in [-0.2, -0.15) is 0 Å². The van der Waals surface area contributed by atoms with Gasteiger partial charge in [-0.15, -0.1) is 0 Å². The molecule has 90 valence electrons. The molecule has 6 heteroatoms. The second-order valence-electron chi connectivity index (χ2n) is 7.26. The Morgan fingerprint density at radius 1 is 0.714 bits per heavy atom. The van der Waals surface area contributed by atoms with Gasteiger partial charge in [0.05, 0.1) is 0 Å². The standard InChI is InChI=1S/C8H25As2O3P/c1-9(2,3,4)12-14(11)13-10(5,6,7)8/h14H,1-8H3. The topological polar surface area (TPSA) is 35.5 Å². The van der Waals surface area contributed by atoms with E-state index in [1.165, 1.54) is 0 Å². The molecule has 0 heterocycles. The van der Waals surface area contributed by atoms with Crippen LogP contribution in [0.25, 0.3) is 0 Å². The number of rotatable bonds is 4. The Bertz CT molecular complexity index is 215. The van der Waals surface area contributed by atoms with Gasteiger partial charge in [0.1, 0.15) is 0 Å². The van der Waals surface area contributed by atoms with Crippen molar-refractivity contribution >= 4 is 33.8 Å². The molecule has 0 saturated heterocycles. The minimum atomic E-state index is -2.69. The first-order valence-electron chi connectivity index (χ1n) is 4.56. The Balaban J connectivity index is 4.44. The van der Waals surface area contributed by atoms with Crippen LogP contribution in [0, 0.1) is 0 Å². The van der Waals surface area contributed by atoms with Gasteiger partial charge in [-0.25, -0.2) is 0 Å². The Hall–Kier alpha value is 1.27. The fourth-order valence-corrected chi connectivity index (χ4v) is 10.6. The molecule has 14 heavy (non-hydrogen) atoms. The van der Waals surface area contributed by atoms with E-state index in [0.29, 0.717) is 0 Å². The van der Waals surface area contributed by atoms with E-state index in [2.05, 4.69) is 45.7 Å². The van der Waals surface area contributed by atoms with Crippen LogP contribution in [0.15, 0.2) is 0 Å². The fraction of sp³-hybridized carbons (Fsp3) is 1.00. The van der Waals surface area contributed by atoms with Crippen LogP contribution in [0.1, 0.15) is 0 Å². The predicted octanol–water partition coefficient (Wildman–Crippen LogP) is 4.25. The second-order valence-corrected chi connectivity index (χ2v) is 39.1. The first kappa shape index (κ1) is 15.3. The SMILES string of the molecule is C[As](C)(C)(C)O[PH](=O)O[As](C)(C)(C)C. The van der Waals surface area contributed by atoms with Crippen LogP contribution in [0.4, 0.5) is 0 Å². The summed E-state index contributed by atoms with van der Waals surface area (Å²) in [5.74, 6) is 0. The molecule has 0 aromatic rings. The maximum absolute atomic E-state index is 11.7. The molecule has 0 aromatic heterocycles. The third-order valence-corrected chi connectivity index (χ3v) is 13.7. The van der Waals surface area contributed by atoms with E-state index in [1.54, 1.807) is 0 Å². The van der Waals surface area contributed by atoms with Crippen molar-refractivity contribution in [3.8, 4) is 0 Å². The molecular formula is C8H25As2O3P. The summed E-state index contributed by atoms with van der Waals surface area (Å²) in [6.07, 6.45) is 0. The molecule has 0 aliphatic heterocycles. The second kappa shape index (κ2) is 3.64. The summed E-state index contributed by atoms with van der Waals surface area (Å²) in [6, 6.07) is 0. The van der Waals surface area contributed by atoms with Crippen molar-refractivity contribution in [3.05, 3.63) is 0 Å². The summed E-state index contributed by atoms with van der Waals surface area (Å²) in [4.78, 5) is 0. The van der Waals surface area contributed by atoms with Crippen LogP contribution in [0.2, 0.25) is 45.7 Å². The predicted molar refractivity (Wildman–Crippen MR) is 69.6 cm³/mol. The van der Waals surface area contributed by atoms with E-state index in [0.717, 1.165) is 0 Å². The van der Waals surface area contributed by atoms with E-state index in [1.807, 2.05) is 0 Å². The summed E-state index contributed by atoms with van der Waals surface area (Å²) in [5, 5.41) is 0. The molecule has 3 nitrogen and oxygen atoms in total. The van der Waals surface area contributed by atoms with E-state index in [-0.39, 0.29) is 0 Å². The zero-order valence-electron chi connectivity index (χ0n) is 10.6. The molecule has 0 fully saturated rings. The van der Waals surface area contributed by atoms with Crippen molar-refractivity contribution in [1.82, 2.24) is 0 Å². The molecule has 0 bridgehead atoms. The van der Waals surface area contributed by atoms with Crippen molar-refractivity contribution in [1.29, 1.82) is 0 Å². The molecule has 0 spiro atoms. The molecule has 0 unspecified atom stereocenters. The zero-order valence-corrected chi connectivity index (χ0v) is 15.4. The van der Waals surface area contributed by atoms with Crippen LogP contribution in [0.3, 0.4) is 0 Å². The summed E-state index contributed by atoms with van der Waals surface area (Å²) in [7, 11) is -2.31. The Labute approximate surface area is 90.9 Å². The van der Waals surface area contributed by atoms with E-state index < -0.39 is 33.8 Å². The molecule has 0 aliphatic rings. The number of hydrogen-bond acceptors (Lipinski definition) is 3. The van der Waals surface area contributed by atoms with Gasteiger partial charge in [0, 0.05) is 0 Å². The van der Waals surface area contributed by atoms with Gasteiger partial charge in [0.15, 0.2) is 0 Å². The third kappa shape index (κ3) is 11.3. The molecule has 0 N–H and O–H groups in total. The number of hydrogen-bond donors (Lipinski definition) is 0. The maximum atomic E-state index is 11.7.